The zero-order valence-corrected chi connectivity index (χ0v) is 18.2. The highest BCUT2D eigenvalue weighted by molar-refractivity contribution is 7.99. The van der Waals surface area contributed by atoms with Gasteiger partial charge in [0.05, 0.1) is 28.1 Å². The summed E-state index contributed by atoms with van der Waals surface area (Å²) >= 11 is 3.11. The van der Waals surface area contributed by atoms with Crippen molar-refractivity contribution in [1.29, 1.82) is 0 Å². The van der Waals surface area contributed by atoms with Gasteiger partial charge in [-0.25, -0.2) is 4.98 Å². The second kappa shape index (κ2) is 8.67. The lowest BCUT2D eigenvalue weighted by Gasteiger charge is -2.17. The van der Waals surface area contributed by atoms with Crippen molar-refractivity contribution in [2.24, 2.45) is 0 Å². The van der Waals surface area contributed by atoms with Crippen LogP contribution in [0.25, 0.3) is 10.2 Å². The van der Waals surface area contributed by atoms with E-state index in [1.807, 2.05) is 32.0 Å². The first-order valence-corrected chi connectivity index (χ1v) is 11.8. The molecule has 6 nitrogen and oxygen atoms in total. The van der Waals surface area contributed by atoms with Crippen molar-refractivity contribution in [3.63, 3.8) is 0 Å². The molecule has 0 aliphatic heterocycles. The average Bonchev–Trinajstić information content (AvgIpc) is 3.11. The number of aryl methyl sites for hydroxylation is 2. The van der Waals surface area contributed by atoms with Gasteiger partial charge in [-0.05, 0) is 57.2 Å². The molecule has 1 amide bonds. The molecule has 0 bridgehead atoms. The van der Waals surface area contributed by atoms with Gasteiger partial charge in [-0.15, -0.1) is 23.1 Å². The van der Waals surface area contributed by atoms with Crippen molar-refractivity contribution < 1.29 is 4.79 Å². The number of hydrogen-bond acceptors (Lipinski definition) is 6. The van der Waals surface area contributed by atoms with E-state index < -0.39 is 0 Å². The van der Waals surface area contributed by atoms with Crippen LogP contribution < -0.4 is 10.9 Å². The summed E-state index contributed by atoms with van der Waals surface area (Å²) in [6.07, 6.45) is 6.06. The highest BCUT2D eigenvalue weighted by Crippen LogP contribution is 2.33. The molecular formula is C21H24N4O2S2. The van der Waals surface area contributed by atoms with E-state index >= 15 is 0 Å². The Bertz CT molecular complexity index is 1080. The van der Waals surface area contributed by atoms with Gasteiger partial charge in [0.15, 0.2) is 0 Å². The fraction of sp³-hybridized carbons (Fsp3) is 0.429. The molecule has 2 atom stereocenters. The average molecular weight is 429 g/mol. The zero-order valence-electron chi connectivity index (χ0n) is 16.5. The second-order valence-corrected chi connectivity index (χ2v) is 9.75. The first kappa shape index (κ1) is 20.1. The number of amides is 1. The summed E-state index contributed by atoms with van der Waals surface area (Å²) in [6, 6.07) is 5.50. The molecule has 152 valence electrons. The summed E-state index contributed by atoms with van der Waals surface area (Å²) in [5.74, 6) is 1.06. The number of carbonyl (C=O) groups is 1. The topological polar surface area (TPSA) is 87.7 Å². The predicted octanol–water partition coefficient (Wildman–Crippen LogP) is 3.76. The highest BCUT2D eigenvalue weighted by atomic mass is 32.2. The summed E-state index contributed by atoms with van der Waals surface area (Å²) in [4.78, 5) is 39.2. The molecule has 0 spiro atoms. The van der Waals surface area contributed by atoms with E-state index in [1.54, 1.807) is 17.5 Å². The van der Waals surface area contributed by atoms with E-state index in [0.717, 1.165) is 35.2 Å². The third kappa shape index (κ3) is 4.38. The monoisotopic (exact) mass is 428 g/mol. The summed E-state index contributed by atoms with van der Waals surface area (Å²) in [6.45, 7) is 3.79. The molecule has 0 saturated heterocycles. The van der Waals surface area contributed by atoms with Crippen molar-refractivity contribution in [2.75, 3.05) is 0 Å². The van der Waals surface area contributed by atoms with Crippen molar-refractivity contribution in [1.82, 2.24) is 20.3 Å². The molecule has 0 fully saturated rings. The number of nitrogens with zero attached hydrogens (tertiary/aromatic N) is 2. The molecule has 2 N–H and O–H groups in total. The second-order valence-electron chi connectivity index (χ2n) is 7.34. The molecule has 0 unspecified atom stereocenters. The minimum absolute atomic E-state index is 0.0501. The number of aromatic amines is 1. The number of aromatic nitrogens is 3. The van der Waals surface area contributed by atoms with E-state index in [1.165, 1.54) is 28.6 Å². The third-order valence-electron chi connectivity index (χ3n) is 5.20. The maximum atomic E-state index is 12.6. The Morgan fingerprint density at radius 2 is 2.14 bits per heavy atom. The van der Waals surface area contributed by atoms with Crippen LogP contribution in [0.3, 0.4) is 0 Å². The number of nitrogens with one attached hydrogen (secondary N) is 2. The number of pyridine rings is 1. The van der Waals surface area contributed by atoms with Crippen molar-refractivity contribution in [3.8, 4) is 0 Å². The van der Waals surface area contributed by atoms with Crippen LogP contribution in [0.15, 0.2) is 29.2 Å². The number of hydrogen-bond donors (Lipinski definition) is 2. The Hall–Kier alpha value is -2.19. The maximum Gasteiger partial charge on any atom is 0.259 e. The summed E-state index contributed by atoms with van der Waals surface area (Å²) in [7, 11) is 0. The number of thioether (sulfide) groups is 1. The minimum Gasteiger partial charge on any atom is -0.347 e. The van der Waals surface area contributed by atoms with Crippen LogP contribution >= 0.6 is 23.1 Å². The van der Waals surface area contributed by atoms with E-state index in [0.29, 0.717) is 11.6 Å². The van der Waals surface area contributed by atoms with Crippen molar-refractivity contribution >= 4 is 39.2 Å². The van der Waals surface area contributed by atoms with E-state index in [2.05, 4.69) is 20.3 Å². The molecule has 0 saturated carbocycles. The van der Waals surface area contributed by atoms with Crippen LogP contribution in [0, 0.1) is 0 Å². The fourth-order valence-corrected chi connectivity index (χ4v) is 5.64. The molecule has 8 heteroatoms. The quantitative estimate of drug-likeness (QED) is 0.624. The van der Waals surface area contributed by atoms with Gasteiger partial charge in [-0.2, -0.15) is 0 Å². The Balaban J connectivity index is 1.41. The molecule has 1 aliphatic carbocycles. The van der Waals surface area contributed by atoms with Crippen molar-refractivity contribution in [3.05, 3.63) is 56.7 Å². The molecule has 3 aromatic rings. The Morgan fingerprint density at radius 1 is 1.31 bits per heavy atom. The first-order chi connectivity index (χ1) is 14.0. The smallest absolute Gasteiger partial charge is 0.259 e. The van der Waals surface area contributed by atoms with Gasteiger partial charge >= 0.3 is 0 Å². The number of fused-ring (bicyclic) bond motifs is 3. The van der Waals surface area contributed by atoms with Gasteiger partial charge in [0, 0.05) is 11.1 Å². The van der Waals surface area contributed by atoms with Gasteiger partial charge in [0.25, 0.3) is 5.56 Å². The van der Waals surface area contributed by atoms with Crippen LogP contribution in [0.2, 0.25) is 0 Å². The molecule has 0 radical (unpaired) electrons. The lowest BCUT2D eigenvalue weighted by molar-refractivity contribution is -0.120. The standard InChI is InChI=1S/C21H24N4O2S2/c1-12(15-8-5-6-10-22-15)23-19(26)13(2)28-11-17-24-20(27)18-14-7-3-4-9-16(14)29-21(18)25-17/h5-6,8,10,12-13H,3-4,7,9,11H2,1-2H3,(H,23,26)(H,24,25,27)/t12-,13-/m0/s1. The SMILES string of the molecule is C[C@H](SCc1nc2sc3c(c2c(=O)[nH]1)CCCC3)C(=O)N[C@@H](C)c1ccccn1. The molecule has 29 heavy (non-hydrogen) atoms. The van der Waals surface area contributed by atoms with Gasteiger partial charge < -0.3 is 10.3 Å². The normalized spacial score (nSPS) is 15.7. The molecule has 3 heterocycles. The van der Waals surface area contributed by atoms with Gasteiger partial charge in [-0.3, -0.25) is 14.6 Å². The van der Waals surface area contributed by atoms with Crippen LogP contribution in [-0.2, 0) is 23.4 Å². The molecule has 1 aliphatic rings. The minimum atomic E-state index is -0.265. The predicted molar refractivity (Wildman–Crippen MR) is 118 cm³/mol. The number of thiophene rings is 1. The molecular weight excluding hydrogens is 404 g/mol. The fourth-order valence-electron chi connectivity index (χ4n) is 3.59. The third-order valence-corrected chi connectivity index (χ3v) is 7.54. The van der Waals surface area contributed by atoms with Gasteiger partial charge in [-0.1, -0.05) is 6.07 Å². The largest absolute Gasteiger partial charge is 0.347 e. The van der Waals surface area contributed by atoms with Crippen LogP contribution in [0.4, 0.5) is 0 Å². The molecule has 4 rings (SSSR count). The summed E-state index contributed by atoms with van der Waals surface area (Å²) < 4.78 is 0. The number of rotatable bonds is 6. The Kier molecular flexibility index (Phi) is 6.01. The number of carbonyl (C=O) groups excluding carboxylic acids is 1. The lowest BCUT2D eigenvalue weighted by Crippen LogP contribution is -2.33. The number of H-pyrrole nitrogens is 1. The van der Waals surface area contributed by atoms with E-state index in [4.69, 9.17) is 0 Å². The molecule has 3 aromatic heterocycles. The summed E-state index contributed by atoms with van der Waals surface area (Å²) in [5.41, 5.74) is 1.97. The molecule has 0 aromatic carbocycles. The summed E-state index contributed by atoms with van der Waals surface area (Å²) in [5, 5.41) is 3.50. The first-order valence-electron chi connectivity index (χ1n) is 9.89. The zero-order chi connectivity index (χ0) is 20.4. The van der Waals surface area contributed by atoms with Crippen LogP contribution in [0.1, 0.15) is 54.7 Å². The maximum absolute atomic E-state index is 12.6. The van der Waals surface area contributed by atoms with Crippen molar-refractivity contribution in [2.45, 2.75) is 56.6 Å². The van der Waals surface area contributed by atoms with Crippen LogP contribution in [-0.4, -0.2) is 26.1 Å². The Labute approximate surface area is 177 Å². The lowest BCUT2D eigenvalue weighted by atomic mass is 9.97. The van der Waals surface area contributed by atoms with E-state index in [9.17, 15) is 9.59 Å². The highest BCUT2D eigenvalue weighted by Gasteiger charge is 2.21. The Morgan fingerprint density at radius 3 is 2.93 bits per heavy atom. The van der Waals surface area contributed by atoms with E-state index in [-0.39, 0.29) is 22.8 Å². The van der Waals surface area contributed by atoms with Gasteiger partial charge in [0.2, 0.25) is 5.91 Å². The van der Waals surface area contributed by atoms with Crippen LogP contribution in [0.5, 0.6) is 0 Å². The van der Waals surface area contributed by atoms with Gasteiger partial charge in [0.1, 0.15) is 10.7 Å².